The Hall–Kier alpha value is -3.35. The number of hydrogen-bond acceptors (Lipinski definition) is 5. The number of carbonyl (C=O) groups excluding carboxylic acids is 1. The van der Waals surface area contributed by atoms with Crippen LogP contribution >= 0.6 is 0 Å². The molecule has 2 N–H and O–H groups in total. The molecule has 0 radical (unpaired) electrons. The Labute approximate surface area is 220 Å². The first-order valence-corrected chi connectivity index (χ1v) is 13.1. The second-order valence-corrected chi connectivity index (χ2v) is 9.88. The summed E-state index contributed by atoms with van der Waals surface area (Å²) in [5, 5.41) is 14.3. The molecule has 2 atom stereocenters. The molecule has 1 unspecified atom stereocenters. The highest BCUT2D eigenvalue weighted by Gasteiger charge is 2.20. The van der Waals surface area contributed by atoms with Crippen LogP contribution < -0.4 is 14.8 Å². The van der Waals surface area contributed by atoms with E-state index in [2.05, 4.69) is 17.4 Å². The van der Waals surface area contributed by atoms with E-state index in [1.165, 1.54) is 11.1 Å². The van der Waals surface area contributed by atoms with E-state index in [4.69, 9.17) is 9.47 Å². The van der Waals surface area contributed by atoms with Crippen molar-refractivity contribution in [3.05, 3.63) is 95.1 Å². The zero-order valence-electron chi connectivity index (χ0n) is 21.9. The van der Waals surface area contributed by atoms with Crippen LogP contribution in [0.15, 0.2) is 72.8 Å². The van der Waals surface area contributed by atoms with Crippen molar-refractivity contribution in [2.45, 2.75) is 50.9 Å². The number of carbonyl (C=O) groups is 1. The molecule has 0 heterocycles. The van der Waals surface area contributed by atoms with Gasteiger partial charge in [-0.2, -0.15) is 0 Å². The third-order valence-corrected chi connectivity index (χ3v) is 6.82. The molecule has 3 aromatic rings. The first kappa shape index (κ1) is 26.7. The molecule has 1 aliphatic carbocycles. The highest BCUT2D eigenvalue weighted by Crippen LogP contribution is 2.26. The lowest BCUT2D eigenvalue weighted by atomic mass is 9.88. The van der Waals surface area contributed by atoms with Gasteiger partial charge in [0.15, 0.2) is 0 Å². The highest BCUT2D eigenvalue weighted by molar-refractivity contribution is 5.75. The maximum absolute atomic E-state index is 11.7. The van der Waals surface area contributed by atoms with Gasteiger partial charge in [-0.05, 0) is 72.2 Å². The van der Waals surface area contributed by atoms with Gasteiger partial charge in [0.05, 0.1) is 12.7 Å². The van der Waals surface area contributed by atoms with Crippen LogP contribution in [-0.4, -0.2) is 49.2 Å². The van der Waals surface area contributed by atoms with Crippen LogP contribution in [0.4, 0.5) is 0 Å². The molecule has 0 fully saturated rings. The molecule has 0 saturated heterocycles. The fourth-order valence-corrected chi connectivity index (χ4v) is 4.56. The Kier molecular flexibility index (Phi) is 9.58. The van der Waals surface area contributed by atoms with E-state index < -0.39 is 6.10 Å². The van der Waals surface area contributed by atoms with Crippen molar-refractivity contribution in [2.75, 3.05) is 27.2 Å². The summed E-state index contributed by atoms with van der Waals surface area (Å²) in [5.41, 5.74) is 4.65. The van der Waals surface area contributed by atoms with Gasteiger partial charge in [-0.3, -0.25) is 4.79 Å². The standard InChI is InChI=1S/C31H38N2O4/c1-33(2)31(35)9-6-18-36-29-17-11-24-10-14-27(19-26(24)20-29)32-21-30(34)25-12-15-28(16-13-25)37-22-23-7-4-3-5-8-23/h3-5,7-8,11-13,15-17,20,27,30,32,34H,6,9-10,14,18-19,21-22H2,1-2H3/t27-,30?/m0/s1. The maximum Gasteiger partial charge on any atom is 0.222 e. The van der Waals surface area contributed by atoms with Crippen LogP contribution in [0.1, 0.15) is 47.6 Å². The van der Waals surface area contributed by atoms with E-state index in [0.29, 0.717) is 38.6 Å². The quantitative estimate of drug-likeness (QED) is 0.352. The molecule has 0 bridgehead atoms. The van der Waals surface area contributed by atoms with Crippen molar-refractivity contribution in [1.82, 2.24) is 10.2 Å². The molecular weight excluding hydrogens is 464 g/mol. The Morgan fingerprint density at radius 1 is 1.00 bits per heavy atom. The zero-order chi connectivity index (χ0) is 26.0. The first-order valence-electron chi connectivity index (χ1n) is 13.1. The molecule has 196 valence electrons. The van der Waals surface area contributed by atoms with Gasteiger partial charge in [0.25, 0.3) is 0 Å². The number of hydrogen-bond donors (Lipinski definition) is 2. The fraction of sp³-hybridized carbons (Fsp3) is 0.387. The summed E-state index contributed by atoms with van der Waals surface area (Å²) >= 11 is 0. The van der Waals surface area contributed by atoms with Crippen LogP contribution in [0, 0.1) is 0 Å². The third-order valence-electron chi connectivity index (χ3n) is 6.82. The molecule has 1 amide bonds. The molecule has 0 aliphatic heterocycles. The Bertz CT molecular complexity index is 1130. The van der Waals surface area contributed by atoms with Crippen molar-refractivity contribution >= 4 is 5.91 Å². The van der Waals surface area contributed by atoms with E-state index in [1.54, 1.807) is 19.0 Å². The number of amides is 1. The highest BCUT2D eigenvalue weighted by atomic mass is 16.5. The minimum Gasteiger partial charge on any atom is -0.494 e. The molecule has 3 aromatic carbocycles. The smallest absolute Gasteiger partial charge is 0.222 e. The summed E-state index contributed by atoms with van der Waals surface area (Å²) < 4.78 is 11.8. The number of nitrogens with zero attached hydrogens (tertiary/aromatic N) is 1. The molecule has 0 spiro atoms. The summed E-state index contributed by atoms with van der Waals surface area (Å²) in [7, 11) is 3.55. The van der Waals surface area contributed by atoms with Crippen molar-refractivity contribution < 1.29 is 19.4 Å². The summed E-state index contributed by atoms with van der Waals surface area (Å²) in [6.45, 7) is 1.55. The number of ether oxygens (including phenoxy) is 2. The topological polar surface area (TPSA) is 71.0 Å². The van der Waals surface area contributed by atoms with Gasteiger partial charge in [-0.1, -0.05) is 48.5 Å². The van der Waals surface area contributed by atoms with Gasteiger partial charge in [0, 0.05) is 33.1 Å². The molecule has 6 heteroatoms. The molecule has 0 saturated carbocycles. The Morgan fingerprint density at radius 3 is 2.51 bits per heavy atom. The van der Waals surface area contributed by atoms with E-state index >= 15 is 0 Å². The molecule has 6 nitrogen and oxygen atoms in total. The van der Waals surface area contributed by atoms with Gasteiger partial charge < -0.3 is 24.8 Å². The summed E-state index contributed by atoms with van der Waals surface area (Å²) in [6.07, 6.45) is 3.58. The molecule has 37 heavy (non-hydrogen) atoms. The van der Waals surface area contributed by atoms with E-state index in [1.807, 2.05) is 60.7 Å². The first-order chi connectivity index (χ1) is 18.0. The number of nitrogens with one attached hydrogen (secondary N) is 1. The van der Waals surface area contributed by atoms with Crippen LogP contribution in [0.3, 0.4) is 0 Å². The summed E-state index contributed by atoms with van der Waals surface area (Å²) in [4.78, 5) is 13.3. The van der Waals surface area contributed by atoms with Crippen molar-refractivity contribution in [3.63, 3.8) is 0 Å². The SMILES string of the molecule is CN(C)C(=O)CCCOc1ccc2c(c1)C[C@@H](NCC(O)c1ccc(OCc3ccccc3)cc1)CC2. The lowest BCUT2D eigenvalue weighted by molar-refractivity contribution is -0.128. The lowest BCUT2D eigenvalue weighted by Gasteiger charge is -2.27. The van der Waals surface area contributed by atoms with Gasteiger partial charge in [0.1, 0.15) is 18.1 Å². The molecular formula is C31H38N2O4. The predicted octanol–water partition coefficient (Wildman–Crippen LogP) is 4.69. The second-order valence-electron chi connectivity index (χ2n) is 9.88. The largest absolute Gasteiger partial charge is 0.494 e. The van der Waals surface area contributed by atoms with E-state index in [0.717, 1.165) is 41.9 Å². The lowest BCUT2D eigenvalue weighted by Crippen LogP contribution is -2.37. The van der Waals surface area contributed by atoms with Gasteiger partial charge in [0.2, 0.25) is 5.91 Å². The predicted molar refractivity (Wildman–Crippen MR) is 146 cm³/mol. The normalized spacial score (nSPS) is 15.5. The van der Waals surface area contributed by atoms with Gasteiger partial charge in [-0.25, -0.2) is 0 Å². The second kappa shape index (κ2) is 13.3. The summed E-state index contributed by atoms with van der Waals surface area (Å²) in [6, 6.07) is 24.4. The number of fused-ring (bicyclic) bond motifs is 1. The van der Waals surface area contributed by atoms with Crippen LogP contribution in [0.5, 0.6) is 11.5 Å². The number of aryl methyl sites for hydroxylation is 1. The van der Waals surface area contributed by atoms with Gasteiger partial charge >= 0.3 is 0 Å². The van der Waals surface area contributed by atoms with Crippen molar-refractivity contribution in [2.24, 2.45) is 0 Å². The van der Waals surface area contributed by atoms with Gasteiger partial charge in [-0.15, -0.1) is 0 Å². The molecule has 0 aromatic heterocycles. The van der Waals surface area contributed by atoms with Crippen molar-refractivity contribution in [1.29, 1.82) is 0 Å². The number of aliphatic hydroxyl groups is 1. The fourth-order valence-electron chi connectivity index (χ4n) is 4.56. The summed E-state index contributed by atoms with van der Waals surface area (Å²) in [5.74, 6) is 1.77. The minimum atomic E-state index is -0.580. The monoisotopic (exact) mass is 502 g/mol. The average molecular weight is 503 g/mol. The third kappa shape index (κ3) is 8.07. The Balaban J connectivity index is 1.21. The zero-order valence-corrected chi connectivity index (χ0v) is 21.9. The number of rotatable bonds is 12. The van der Waals surface area contributed by atoms with E-state index in [9.17, 15) is 9.90 Å². The van der Waals surface area contributed by atoms with Crippen molar-refractivity contribution in [3.8, 4) is 11.5 Å². The van der Waals surface area contributed by atoms with Crippen LogP contribution in [0.2, 0.25) is 0 Å². The van der Waals surface area contributed by atoms with Crippen LogP contribution in [-0.2, 0) is 24.2 Å². The minimum absolute atomic E-state index is 0.123. The molecule has 4 rings (SSSR count). The number of aliphatic hydroxyl groups excluding tert-OH is 1. The molecule has 1 aliphatic rings. The average Bonchev–Trinajstić information content (AvgIpc) is 2.93. The van der Waals surface area contributed by atoms with Crippen LogP contribution in [0.25, 0.3) is 0 Å². The van der Waals surface area contributed by atoms with E-state index in [-0.39, 0.29) is 5.91 Å². The number of benzene rings is 3. The Morgan fingerprint density at radius 2 is 1.76 bits per heavy atom. The maximum atomic E-state index is 11.7.